The minimum atomic E-state index is -0.00134. The van der Waals surface area contributed by atoms with Crippen LogP contribution in [0.2, 0.25) is 0 Å². The van der Waals surface area contributed by atoms with Crippen molar-refractivity contribution in [3.8, 4) is 0 Å². The summed E-state index contributed by atoms with van der Waals surface area (Å²) in [5.41, 5.74) is 0.746. The molecular weight excluding hydrogens is 338 g/mol. The summed E-state index contributed by atoms with van der Waals surface area (Å²) in [5.74, 6) is 2.22. The summed E-state index contributed by atoms with van der Waals surface area (Å²) in [6.07, 6.45) is 7.62. The smallest absolute Gasteiger partial charge is 0.258 e. The fourth-order valence-electron chi connectivity index (χ4n) is 4.98. The van der Waals surface area contributed by atoms with Gasteiger partial charge in [-0.3, -0.25) is 9.59 Å². The van der Waals surface area contributed by atoms with Crippen LogP contribution in [0.25, 0.3) is 10.8 Å². The quantitative estimate of drug-likeness (QED) is 0.852. The third-order valence-electron chi connectivity index (χ3n) is 6.41. The van der Waals surface area contributed by atoms with Gasteiger partial charge in [-0.25, -0.2) is 0 Å². The number of anilines is 1. The van der Waals surface area contributed by atoms with Crippen molar-refractivity contribution >= 4 is 22.4 Å². The monoisotopic (exact) mass is 367 g/mol. The minimum Gasteiger partial charge on any atom is -0.326 e. The molecule has 4 rings (SSSR count). The molecule has 2 aliphatic carbocycles. The molecule has 1 N–H and O–H groups in total. The summed E-state index contributed by atoms with van der Waals surface area (Å²) < 4.78 is 1.74. The van der Waals surface area contributed by atoms with Gasteiger partial charge in [-0.05, 0) is 69.3 Å². The highest BCUT2D eigenvalue weighted by Crippen LogP contribution is 2.49. The number of nitrogens with one attached hydrogen (secondary N) is 1. The van der Waals surface area contributed by atoms with Gasteiger partial charge in [0, 0.05) is 42.2 Å². The third-order valence-corrected chi connectivity index (χ3v) is 6.41. The van der Waals surface area contributed by atoms with Crippen LogP contribution in [0.15, 0.2) is 35.3 Å². The minimum absolute atomic E-state index is 0.00134. The van der Waals surface area contributed by atoms with Crippen LogP contribution in [-0.4, -0.2) is 36.0 Å². The van der Waals surface area contributed by atoms with Crippen molar-refractivity contribution in [1.29, 1.82) is 0 Å². The molecule has 2 unspecified atom stereocenters. The van der Waals surface area contributed by atoms with Crippen molar-refractivity contribution in [2.24, 2.45) is 17.8 Å². The number of likely N-dealkylation sites (N-methyl/N-ethyl adjacent to an activating group) is 1. The van der Waals surface area contributed by atoms with Crippen LogP contribution < -0.4 is 10.9 Å². The molecule has 1 aromatic heterocycles. The second-order valence-corrected chi connectivity index (χ2v) is 8.57. The van der Waals surface area contributed by atoms with E-state index in [1.807, 2.05) is 44.6 Å². The molecule has 2 aromatic rings. The molecular formula is C22H29N3O2. The lowest BCUT2D eigenvalue weighted by molar-refractivity contribution is -0.117. The van der Waals surface area contributed by atoms with Gasteiger partial charge in [0.05, 0.1) is 0 Å². The molecule has 0 aliphatic heterocycles. The summed E-state index contributed by atoms with van der Waals surface area (Å²) in [7, 11) is 3.99. The number of aromatic nitrogens is 1. The number of carbonyl (C=O) groups excluding carboxylic acids is 1. The number of fused-ring (bicyclic) bond motifs is 3. The van der Waals surface area contributed by atoms with Crippen LogP contribution in [0.1, 0.15) is 32.1 Å². The fourth-order valence-corrected chi connectivity index (χ4v) is 4.98. The summed E-state index contributed by atoms with van der Waals surface area (Å²) in [4.78, 5) is 27.5. The van der Waals surface area contributed by atoms with Crippen LogP contribution in [0.3, 0.4) is 0 Å². The largest absolute Gasteiger partial charge is 0.326 e. The van der Waals surface area contributed by atoms with Crippen molar-refractivity contribution < 1.29 is 4.79 Å². The van der Waals surface area contributed by atoms with Crippen molar-refractivity contribution in [3.05, 3.63) is 40.8 Å². The molecule has 5 nitrogen and oxygen atoms in total. The van der Waals surface area contributed by atoms with Gasteiger partial charge in [-0.15, -0.1) is 0 Å². The molecule has 0 saturated heterocycles. The van der Waals surface area contributed by atoms with Crippen molar-refractivity contribution in [2.75, 3.05) is 26.0 Å². The first-order valence-corrected chi connectivity index (χ1v) is 10.1. The maximum Gasteiger partial charge on any atom is 0.258 e. The van der Waals surface area contributed by atoms with Gasteiger partial charge in [-0.2, -0.15) is 0 Å². The van der Waals surface area contributed by atoms with E-state index < -0.39 is 0 Å². The van der Waals surface area contributed by atoms with Gasteiger partial charge in [0.15, 0.2) is 0 Å². The summed E-state index contributed by atoms with van der Waals surface area (Å²) >= 11 is 0. The molecule has 5 heteroatoms. The highest BCUT2D eigenvalue weighted by atomic mass is 16.1. The Balaban J connectivity index is 1.51. The highest BCUT2D eigenvalue weighted by Gasteiger charge is 2.40. The Bertz CT molecular complexity index is 902. The first-order chi connectivity index (χ1) is 13.0. The van der Waals surface area contributed by atoms with Crippen molar-refractivity contribution in [2.45, 2.75) is 38.6 Å². The van der Waals surface area contributed by atoms with E-state index >= 15 is 0 Å². The number of benzene rings is 1. The van der Waals surface area contributed by atoms with Gasteiger partial charge in [0.25, 0.3) is 5.56 Å². The number of hydrogen-bond acceptors (Lipinski definition) is 3. The predicted molar refractivity (Wildman–Crippen MR) is 109 cm³/mol. The Kier molecular flexibility index (Phi) is 5.04. The number of rotatable bonds is 6. The zero-order valence-corrected chi connectivity index (χ0v) is 16.3. The second kappa shape index (κ2) is 7.47. The summed E-state index contributed by atoms with van der Waals surface area (Å²) in [5, 5.41) is 4.56. The van der Waals surface area contributed by atoms with Crippen LogP contribution in [0.5, 0.6) is 0 Å². The standard InChI is InChI=1S/C22H29N3O2/c1-24(2)10-11-25-9-8-18-19(22(25)27)4-3-5-20(18)23-21(26)14-17-13-15-6-7-16(17)12-15/h3-5,8-9,15-17H,6-7,10-14H2,1-2H3,(H,23,26)/t15?,16-,17?/m0/s1. The van der Waals surface area contributed by atoms with Crippen LogP contribution >= 0.6 is 0 Å². The van der Waals surface area contributed by atoms with E-state index in [1.165, 1.54) is 25.7 Å². The van der Waals surface area contributed by atoms with Crippen LogP contribution in [0, 0.1) is 17.8 Å². The molecule has 2 fully saturated rings. The van der Waals surface area contributed by atoms with E-state index in [-0.39, 0.29) is 11.5 Å². The first-order valence-electron chi connectivity index (χ1n) is 10.1. The lowest BCUT2D eigenvalue weighted by atomic mass is 9.86. The molecule has 0 spiro atoms. The average Bonchev–Trinajstić information content (AvgIpc) is 3.24. The van der Waals surface area contributed by atoms with Crippen molar-refractivity contribution in [3.63, 3.8) is 0 Å². The molecule has 1 aromatic carbocycles. The van der Waals surface area contributed by atoms with E-state index in [4.69, 9.17) is 0 Å². The Morgan fingerprint density at radius 1 is 1.19 bits per heavy atom. The molecule has 3 atom stereocenters. The van der Waals surface area contributed by atoms with E-state index in [0.29, 0.717) is 24.3 Å². The van der Waals surface area contributed by atoms with Crippen molar-refractivity contribution in [1.82, 2.24) is 9.47 Å². The fraction of sp³-hybridized carbons (Fsp3) is 0.545. The summed E-state index contributed by atoms with van der Waals surface area (Å²) in [6, 6.07) is 7.53. The Hall–Kier alpha value is -2.14. The number of hydrogen-bond donors (Lipinski definition) is 1. The SMILES string of the molecule is CN(C)CCn1ccc2c(NC(=O)CC3CC4CC[C@H]3C4)cccc2c1=O. The van der Waals surface area contributed by atoms with E-state index in [1.54, 1.807) is 4.57 Å². The molecule has 144 valence electrons. The summed E-state index contributed by atoms with van der Waals surface area (Å²) in [6.45, 7) is 1.47. The van der Waals surface area contributed by atoms with Gasteiger partial charge in [0.1, 0.15) is 0 Å². The van der Waals surface area contributed by atoms with Crippen LogP contribution in [0.4, 0.5) is 5.69 Å². The number of nitrogens with zero attached hydrogens (tertiary/aromatic N) is 2. The topological polar surface area (TPSA) is 54.3 Å². The lowest BCUT2D eigenvalue weighted by Gasteiger charge is -2.21. The number of pyridine rings is 1. The Morgan fingerprint density at radius 3 is 2.74 bits per heavy atom. The lowest BCUT2D eigenvalue weighted by Crippen LogP contribution is -2.26. The zero-order chi connectivity index (χ0) is 19.0. The molecule has 1 amide bonds. The molecule has 2 aliphatic rings. The number of carbonyl (C=O) groups is 1. The maximum atomic E-state index is 12.8. The first kappa shape index (κ1) is 18.2. The highest BCUT2D eigenvalue weighted by molar-refractivity contribution is 6.01. The van der Waals surface area contributed by atoms with Gasteiger partial charge < -0.3 is 14.8 Å². The van der Waals surface area contributed by atoms with Gasteiger partial charge >= 0.3 is 0 Å². The molecule has 2 saturated carbocycles. The van der Waals surface area contributed by atoms with E-state index in [2.05, 4.69) is 10.2 Å². The molecule has 27 heavy (non-hydrogen) atoms. The third kappa shape index (κ3) is 3.79. The van der Waals surface area contributed by atoms with E-state index in [0.717, 1.165) is 29.5 Å². The predicted octanol–water partition coefficient (Wildman–Crippen LogP) is 3.33. The number of amides is 1. The second-order valence-electron chi connectivity index (χ2n) is 8.57. The molecule has 2 bridgehead atoms. The maximum absolute atomic E-state index is 12.8. The normalized spacial score (nSPS) is 24.0. The Morgan fingerprint density at radius 2 is 2.04 bits per heavy atom. The average molecular weight is 367 g/mol. The van der Waals surface area contributed by atoms with Gasteiger partial charge in [-0.1, -0.05) is 12.5 Å². The van der Waals surface area contributed by atoms with Crippen LogP contribution in [-0.2, 0) is 11.3 Å². The zero-order valence-electron chi connectivity index (χ0n) is 16.3. The molecule has 1 heterocycles. The Labute approximate surface area is 160 Å². The molecule has 0 radical (unpaired) electrons. The van der Waals surface area contributed by atoms with E-state index in [9.17, 15) is 9.59 Å². The van der Waals surface area contributed by atoms with Gasteiger partial charge in [0.2, 0.25) is 5.91 Å².